The molecule has 0 aromatic carbocycles. The molecule has 72 valence electrons. The summed E-state index contributed by atoms with van der Waals surface area (Å²) in [7, 11) is -3.76. The molecule has 1 aliphatic rings. The van der Waals surface area contributed by atoms with E-state index in [4.69, 9.17) is 14.4 Å². The lowest BCUT2D eigenvalue weighted by atomic mass is 10.4. The van der Waals surface area contributed by atoms with Crippen LogP contribution in [0.2, 0.25) is 6.04 Å². The van der Waals surface area contributed by atoms with E-state index in [1.165, 1.54) is 12.8 Å². The molecule has 0 radical (unpaired) electrons. The Morgan fingerprint density at radius 2 is 1.67 bits per heavy atom. The van der Waals surface area contributed by atoms with Gasteiger partial charge in [0.25, 0.3) is 0 Å². The maximum Gasteiger partial charge on any atom is 0.492 e. The predicted molar refractivity (Wildman–Crippen MR) is 47.5 cm³/mol. The third kappa shape index (κ3) is 4.17. The van der Waals surface area contributed by atoms with Gasteiger partial charge < -0.3 is 19.3 Å². The minimum atomic E-state index is -3.76. The van der Waals surface area contributed by atoms with Crippen molar-refractivity contribution in [3.05, 3.63) is 0 Å². The summed E-state index contributed by atoms with van der Waals surface area (Å²) in [6.07, 6.45) is 3.19. The molecule has 5 heteroatoms. The van der Waals surface area contributed by atoms with Crippen molar-refractivity contribution in [2.75, 3.05) is 19.6 Å². The molecule has 1 saturated heterocycles. The van der Waals surface area contributed by atoms with Crippen molar-refractivity contribution < 1.29 is 14.4 Å². The molecule has 0 aromatic heterocycles. The smallest absolute Gasteiger partial charge is 0.390 e. The normalized spacial score (nSPS) is 20.2. The lowest BCUT2D eigenvalue weighted by Gasteiger charge is -2.15. The SMILES string of the molecule is O[Si](O)(O)CCCN1CCCC1. The summed E-state index contributed by atoms with van der Waals surface area (Å²) < 4.78 is 0. The molecule has 3 N–H and O–H groups in total. The van der Waals surface area contributed by atoms with E-state index in [1.54, 1.807) is 0 Å². The molecular weight excluding hydrogens is 174 g/mol. The van der Waals surface area contributed by atoms with Gasteiger partial charge in [-0.25, -0.2) is 0 Å². The number of nitrogens with zero attached hydrogens (tertiary/aromatic N) is 1. The molecule has 0 aliphatic carbocycles. The third-order valence-corrected chi connectivity index (χ3v) is 3.21. The molecule has 4 nitrogen and oxygen atoms in total. The topological polar surface area (TPSA) is 63.9 Å². The van der Waals surface area contributed by atoms with Crippen LogP contribution in [0, 0.1) is 0 Å². The van der Waals surface area contributed by atoms with Crippen LogP contribution in [0.5, 0.6) is 0 Å². The van der Waals surface area contributed by atoms with Crippen molar-refractivity contribution in [1.82, 2.24) is 4.90 Å². The van der Waals surface area contributed by atoms with Gasteiger partial charge in [0.15, 0.2) is 0 Å². The van der Waals surface area contributed by atoms with Gasteiger partial charge in [-0.2, -0.15) is 0 Å². The Morgan fingerprint density at radius 1 is 1.08 bits per heavy atom. The second-order valence-corrected chi connectivity index (χ2v) is 5.48. The number of rotatable bonds is 4. The van der Waals surface area contributed by atoms with Gasteiger partial charge in [0, 0.05) is 6.04 Å². The average Bonchev–Trinajstić information content (AvgIpc) is 2.36. The molecule has 0 bridgehead atoms. The molecule has 1 heterocycles. The minimum Gasteiger partial charge on any atom is -0.390 e. The Labute approximate surface area is 73.8 Å². The minimum absolute atomic E-state index is 0.170. The van der Waals surface area contributed by atoms with E-state index in [0.29, 0.717) is 6.42 Å². The zero-order valence-electron chi connectivity index (χ0n) is 7.24. The van der Waals surface area contributed by atoms with Crippen LogP contribution in [-0.2, 0) is 0 Å². The summed E-state index contributed by atoms with van der Waals surface area (Å²) in [5.74, 6) is 0. The van der Waals surface area contributed by atoms with Gasteiger partial charge in [-0.15, -0.1) is 0 Å². The van der Waals surface area contributed by atoms with Crippen LogP contribution < -0.4 is 0 Å². The van der Waals surface area contributed by atoms with Crippen molar-refractivity contribution in [1.29, 1.82) is 0 Å². The summed E-state index contributed by atoms with van der Waals surface area (Å²) in [6.45, 7) is 3.13. The molecule has 1 rings (SSSR count). The molecule has 0 aromatic rings. The molecule has 0 saturated carbocycles. The Morgan fingerprint density at radius 3 is 2.17 bits per heavy atom. The van der Waals surface area contributed by atoms with Crippen LogP contribution in [0.3, 0.4) is 0 Å². The lowest BCUT2D eigenvalue weighted by molar-refractivity contribution is 0.222. The second kappa shape index (κ2) is 4.34. The van der Waals surface area contributed by atoms with E-state index < -0.39 is 8.80 Å². The maximum atomic E-state index is 8.72. The van der Waals surface area contributed by atoms with Gasteiger partial charge in [-0.1, -0.05) is 0 Å². The fourth-order valence-corrected chi connectivity index (χ4v) is 2.18. The van der Waals surface area contributed by atoms with Crippen molar-refractivity contribution >= 4 is 8.80 Å². The highest BCUT2D eigenvalue weighted by molar-refractivity contribution is 6.56. The van der Waals surface area contributed by atoms with Gasteiger partial charge in [0.1, 0.15) is 0 Å². The van der Waals surface area contributed by atoms with Gasteiger partial charge in [-0.3, -0.25) is 0 Å². The molecular formula is C7H17NO3Si. The predicted octanol–water partition coefficient (Wildman–Crippen LogP) is -0.612. The fraction of sp³-hybridized carbons (Fsp3) is 1.00. The van der Waals surface area contributed by atoms with Crippen LogP contribution in [0.4, 0.5) is 0 Å². The van der Waals surface area contributed by atoms with Crippen molar-refractivity contribution in [3.8, 4) is 0 Å². The van der Waals surface area contributed by atoms with E-state index in [0.717, 1.165) is 19.6 Å². The van der Waals surface area contributed by atoms with Crippen molar-refractivity contribution in [2.45, 2.75) is 25.3 Å². The van der Waals surface area contributed by atoms with Gasteiger partial charge in [-0.05, 0) is 38.9 Å². The number of hydrogen-bond donors (Lipinski definition) is 3. The first-order chi connectivity index (χ1) is 5.58. The number of likely N-dealkylation sites (tertiary alicyclic amines) is 1. The standard InChI is InChI=1S/C7H17NO3Si/c9-12(10,11)7-3-6-8-4-1-2-5-8/h9-11H,1-7H2. The zero-order chi connectivity index (χ0) is 9.03. The summed E-state index contributed by atoms with van der Waals surface area (Å²) >= 11 is 0. The lowest BCUT2D eigenvalue weighted by Crippen LogP contribution is -2.35. The zero-order valence-corrected chi connectivity index (χ0v) is 8.24. The van der Waals surface area contributed by atoms with E-state index in [2.05, 4.69) is 4.90 Å². The fourth-order valence-electron chi connectivity index (χ4n) is 1.55. The molecule has 1 fully saturated rings. The Kier molecular flexibility index (Phi) is 3.67. The number of hydrogen-bond acceptors (Lipinski definition) is 4. The Hall–Kier alpha value is 0.0569. The first-order valence-electron chi connectivity index (χ1n) is 4.47. The molecule has 1 aliphatic heterocycles. The van der Waals surface area contributed by atoms with Crippen molar-refractivity contribution in [2.24, 2.45) is 0 Å². The average molecular weight is 191 g/mol. The summed E-state index contributed by atoms with van der Waals surface area (Å²) in [5.41, 5.74) is 0. The molecule has 0 spiro atoms. The van der Waals surface area contributed by atoms with Crippen LogP contribution in [0.1, 0.15) is 19.3 Å². The Balaban J connectivity index is 2.02. The highest BCUT2D eigenvalue weighted by atomic mass is 28.4. The van der Waals surface area contributed by atoms with E-state index in [1.807, 2.05) is 0 Å². The van der Waals surface area contributed by atoms with Crippen LogP contribution in [-0.4, -0.2) is 47.7 Å². The van der Waals surface area contributed by atoms with E-state index in [-0.39, 0.29) is 6.04 Å². The van der Waals surface area contributed by atoms with Gasteiger partial charge in [0.2, 0.25) is 0 Å². The highest BCUT2D eigenvalue weighted by Crippen LogP contribution is 2.10. The van der Waals surface area contributed by atoms with Crippen LogP contribution in [0.15, 0.2) is 0 Å². The van der Waals surface area contributed by atoms with Gasteiger partial charge in [0.05, 0.1) is 0 Å². The summed E-state index contributed by atoms with van der Waals surface area (Å²) in [6, 6.07) is 0.170. The van der Waals surface area contributed by atoms with Crippen molar-refractivity contribution in [3.63, 3.8) is 0 Å². The molecule has 0 unspecified atom stereocenters. The summed E-state index contributed by atoms with van der Waals surface area (Å²) in [5, 5.41) is 0. The summed E-state index contributed by atoms with van der Waals surface area (Å²) in [4.78, 5) is 28.5. The van der Waals surface area contributed by atoms with E-state index >= 15 is 0 Å². The largest absolute Gasteiger partial charge is 0.492 e. The monoisotopic (exact) mass is 191 g/mol. The molecule has 0 amide bonds. The molecule has 12 heavy (non-hydrogen) atoms. The third-order valence-electron chi connectivity index (χ3n) is 2.19. The van der Waals surface area contributed by atoms with Crippen LogP contribution >= 0.6 is 0 Å². The maximum absolute atomic E-state index is 8.72. The van der Waals surface area contributed by atoms with E-state index in [9.17, 15) is 0 Å². The van der Waals surface area contributed by atoms with Crippen LogP contribution in [0.25, 0.3) is 0 Å². The highest BCUT2D eigenvalue weighted by Gasteiger charge is 2.26. The molecule has 0 atom stereocenters. The second-order valence-electron chi connectivity index (χ2n) is 3.43. The first-order valence-corrected chi connectivity index (χ1v) is 6.52. The van der Waals surface area contributed by atoms with Gasteiger partial charge >= 0.3 is 8.80 Å². The first kappa shape index (κ1) is 10.1. The Bertz CT molecular complexity index is 131. The quantitative estimate of drug-likeness (QED) is 0.519.